The number of nitrogens with zero attached hydrogens (tertiary/aromatic N) is 4. The fourth-order valence-electron chi connectivity index (χ4n) is 4.71. The van der Waals surface area contributed by atoms with Crippen LogP contribution in [-0.4, -0.2) is 35.1 Å². The van der Waals surface area contributed by atoms with E-state index in [0.29, 0.717) is 6.54 Å². The summed E-state index contributed by atoms with van der Waals surface area (Å²) in [5.41, 5.74) is 6.34. The zero-order valence-corrected chi connectivity index (χ0v) is 16.2. The predicted molar refractivity (Wildman–Crippen MR) is 111 cm³/mol. The number of pyridine rings is 1. The molecule has 0 radical (unpaired) electrons. The monoisotopic (exact) mass is 371 g/mol. The third-order valence-electron chi connectivity index (χ3n) is 6.16. The Hall–Kier alpha value is -2.79. The molecule has 1 saturated heterocycles. The predicted octanol–water partition coefficient (Wildman–Crippen LogP) is 3.35. The van der Waals surface area contributed by atoms with Gasteiger partial charge in [-0.15, -0.1) is 0 Å². The summed E-state index contributed by atoms with van der Waals surface area (Å²) in [4.78, 5) is 16.2. The summed E-state index contributed by atoms with van der Waals surface area (Å²) in [5.74, 6) is 0.750. The van der Waals surface area contributed by atoms with E-state index in [1.807, 2.05) is 37.6 Å². The van der Waals surface area contributed by atoms with Gasteiger partial charge < -0.3 is 10.2 Å². The molecule has 3 heterocycles. The summed E-state index contributed by atoms with van der Waals surface area (Å²) < 4.78 is 0. The summed E-state index contributed by atoms with van der Waals surface area (Å²) in [5, 5.41) is 3.51. The molecule has 1 aliphatic heterocycles. The number of anilines is 1. The Morgan fingerprint density at radius 1 is 1.04 bits per heavy atom. The van der Waals surface area contributed by atoms with Crippen molar-refractivity contribution in [2.75, 3.05) is 25.0 Å². The number of nitrogens with one attached hydrogen (secondary N) is 1. The third-order valence-corrected chi connectivity index (χ3v) is 6.16. The van der Waals surface area contributed by atoms with Crippen molar-refractivity contribution in [3.63, 3.8) is 0 Å². The van der Waals surface area contributed by atoms with Gasteiger partial charge in [0.1, 0.15) is 0 Å². The summed E-state index contributed by atoms with van der Waals surface area (Å²) >= 11 is 0. The molecule has 28 heavy (non-hydrogen) atoms. The molecule has 5 rings (SSSR count). The first kappa shape index (κ1) is 17.3. The number of rotatable bonds is 3. The quantitative estimate of drug-likeness (QED) is 0.765. The normalized spacial score (nSPS) is 17.0. The molecule has 5 heteroatoms. The van der Waals surface area contributed by atoms with Gasteiger partial charge in [-0.1, -0.05) is 30.3 Å². The Morgan fingerprint density at radius 3 is 2.68 bits per heavy atom. The highest BCUT2D eigenvalue weighted by molar-refractivity contribution is 5.72. The number of hydrogen-bond acceptors (Lipinski definition) is 5. The smallest absolute Gasteiger partial charge is 0.225 e. The summed E-state index contributed by atoms with van der Waals surface area (Å²) in [6.07, 6.45) is 7.25. The van der Waals surface area contributed by atoms with Crippen molar-refractivity contribution in [1.82, 2.24) is 20.3 Å². The van der Waals surface area contributed by atoms with Crippen molar-refractivity contribution >= 4 is 5.95 Å². The maximum atomic E-state index is 5.00. The van der Waals surface area contributed by atoms with Crippen LogP contribution < -0.4 is 10.2 Å². The van der Waals surface area contributed by atoms with Crippen LogP contribution in [-0.2, 0) is 18.4 Å². The lowest BCUT2D eigenvalue weighted by molar-refractivity contribution is 0.302. The van der Waals surface area contributed by atoms with Gasteiger partial charge >= 0.3 is 0 Å². The molecular weight excluding hydrogens is 346 g/mol. The van der Waals surface area contributed by atoms with Gasteiger partial charge in [0.15, 0.2) is 0 Å². The molecule has 0 bridgehead atoms. The summed E-state index contributed by atoms with van der Waals surface area (Å²) in [6, 6.07) is 14.8. The van der Waals surface area contributed by atoms with E-state index in [4.69, 9.17) is 9.97 Å². The minimum absolute atomic E-state index is 0.222. The third kappa shape index (κ3) is 2.96. The largest absolute Gasteiger partial charge is 0.338 e. The molecule has 0 saturated carbocycles. The molecule has 0 amide bonds. The SMILES string of the molecule is CN(Cc1ccccn1)c1ncc2c(n1)-c1ccccc1C1(CCNCC1)C2. The molecule has 2 aliphatic rings. The van der Waals surface area contributed by atoms with E-state index in [-0.39, 0.29) is 5.41 Å². The van der Waals surface area contributed by atoms with Gasteiger partial charge in [0.2, 0.25) is 5.95 Å². The average molecular weight is 371 g/mol. The molecule has 1 aromatic carbocycles. The van der Waals surface area contributed by atoms with Gasteiger partial charge in [-0.25, -0.2) is 9.97 Å². The lowest BCUT2D eigenvalue weighted by Crippen LogP contribution is -2.43. The van der Waals surface area contributed by atoms with Crippen LogP contribution in [0.2, 0.25) is 0 Å². The molecule has 1 spiro atoms. The minimum atomic E-state index is 0.222. The fraction of sp³-hybridized carbons (Fsp3) is 0.348. The van der Waals surface area contributed by atoms with Gasteiger partial charge in [0, 0.05) is 30.4 Å². The highest BCUT2D eigenvalue weighted by Crippen LogP contribution is 2.47. The number of piperidine rings is 1. The van der Waals surface area contributed by atoms with Gasteiger partial charge in [0.05, 0.1) is 17.9 Å². The standard InChI is InChI=1S/C23H25N5/c1-28(16-18-6-4-5-11-25-18)22-26-15-17-14-23(9-12-24-13-10-23)20-8-3-2-7-19(20)21(17)27-22/h2-8,11,15,24H,9-10,12-14,16H2,1H3. The zero-order valence-electron chi connectivity index (χ0n) is 16.2. The molecule has 0 unspecified atom stereocenters. The molecular formula is C23H25N5. The number of fused-ring (bicyclic) bond motifs is 4. The first-order valence-electron chi connectivity index (χ1n) is 10.0. The zero-order chi connectivity index (χ0) is 19.0. The van der Waals surface area contributed by atoms with E-state index in [1.165, 1.54) is 29.5 Å². The van der Waals surface area contributed by atoms with Crippen molar-refractivity contribution in [3.8, 4) is 11.3 Å². The summed E-state index contributed by atoms with van der Waals surface area (Å²) in [6.45, 7) is 2.85. The molecule has 1 aliphatic carbocycles. The van der Waals surface area contributed by atoms with Crippen LogP contribution in [0.1, 0.15) is 29.7 Å². The van der Waals surface area contributed by atoms with Crippen molar-refractivity contribution < 1.29 is 0 Å². The van der Waals surface area contributed by atoms with Crippen molar-refractivity contribution in [2.24, 2.45) is 0 Å². The first-order valence-corrected chi connectivity index (χ1v) is 10.0. The molecule has 0 atom stereocenters. The number of hydrogen-bond donors (Lipinski definition) is 1. The minimum Gasteiger partial charge on any atom is -0.338 e. The Kier molecular flexibility index (Phi) is 4.32. The summed E-state index contributed by atoms with van der Waals surface area (Å²) in [7, 11) is 2.03. The second-order valence-electron chi connectivity index (χ2n) is 7.97. The van der Waals surface area contributed by atoms with Crippen molar-refractivity contribution in [1.29, 1.82) is 0 Å². The molecule has 3 aromatic rings. The van der Waals surface area contributed by atoms with Crippen LogP contribution in [0.4, 0.5) is 5.95 Å². The van der Waals surface area contributed by atoms with E-state index in [9.17, 15) is 0 Å². The molecule has 1 fully saturated rings. The van der Waals surface area contributed by atoms with E-state index >= 15 is 0 Å². The second kappa shape index (κ2) is 6.99. The van der Waals surface area contributed by atoms with Crippen LogP contribution >= 0.6 is 0 Å². The van der Waals surface area contributed by atoms with Crippen molar-refractivity contribution in [2.45, 2.75) is 31.2 Å². The maximum absolute atomic E-state index is 5.00. The van der Waals surface area contributed by atoms with Gasteiger partial charge in [0.25, 0.3) is 0 Å². The van der Waals surface area contributed by atoms with E-state index in [2.05, 4.69) is 39.5 Å². The van der Waals surface area contributed by atoms with Crippen LogP contribution in [0.3, 0.4) is 0 Å². The van der Waals surface area contributed by atoms with Crippen LogP contribution in [0, 0.1) is 0 Å². The van der Waals surface area contributed by atoms with Gasteiger partial charge in [-0.2, -0.15) is 0 Å². The Labute approximate surface area is 165 Å². The van der Waals surface area contributed by atoms with E-state index in [1.54, 1.807) is 0 Å². The average Bonchev–Trinajstić information content (AvgIpc) is 2.75. The molecule has 5 nitrogen and oxygen atoms in total. The number of aromatic nitrogens is 3. The Morgan fingerprint density at radius 2 is 1.86 bits per heavy atom. The molecule has 142 valence electrons. The maximum Gasteiger partial charge on any atom is 0.225 e. The highest BCUT2D eigenvalue weighted by atomic mass is 15.2. The van der Waals surface area contributed by atoms with E-state index < -0.39 is 0 Å². The van der Waals surface area contributed by atoms with E-state index in [0.717, 1.165) is 36.8 Å². The highest BCUT2D eigenvalue weighted by Gasteiger charge is 2.40. The Bertz CT molecular complexity index is 979. The number of benzene rings is 1. The second-order valence-corrected chi connectivity index (χ2v) is 7.97. The topological polar surface area (TPSA) is 53.9 Å². The fourth-order valence-corrected chi connectivity index (χ4v) is 4.71. The van der Waals surface area contributed by atoms with Crippen LogP contribution in [0.25, 0.3) is 11.3 Å². The van der Waals surface area contributed by atoms with Gasteiger partial charge in [-0.05, 0) is 55.6 Å². The van der Waals surface area contributed by atoms with Crippen LogP contribution in [0.15, 0.2) is 54.9 Å². The molecule has 2 aromatic heterocycles. The molecule has 1 N–H and O–H groups in total. The lowest BCUT2D eigenvalue weighted by Gasteiger charge is -2.42. The van der Waals surface area contributed by atoms with Gasteiger partial charge in [-0.3, -0.25) is 4.98 Å². The van der Waals surface area contributed by atoms with Crippen molar-refractivity contribution in [3.05, 3.63) is 71.7 Å². The Balaban J connectivity index is 1.52. The van der Waals surface area contributed by atoms with Crippen LogP contribution in [0.5, 0.6) is 0 Å². The lowest BCUT2D eigenvalue weighted by atomic mass is 9.64. The first-order chi connectivity index (χ1) is 13.8.